The molecule has 4 aromatic rings. The Morgan fingerprint density at radius 3 is 2.60 bits per heavy atom. The van der Waals surface area contributed by atoms with E-state index in [1.165, 1.54) is 6.07 Å². The molecule has 45 heavy (non-hydrogen) atoms. The quantitative estimate of drug-likeness (QED) is 0.253. The van der Waals surface area contributed by atoms with Crippen LogP contribution in [0.4, 0.5) is 20.5 Å². The van der Waals surface area contributed by atoms with Gasteiger partial charge in [-0.2, -0.15) is 4.98 Å². The monoisotopic (exact) mass is 614 g/mol. The van der Waals surface area contributed by atoms with Crippen molar-refractivity contribution in [2.45, 2.75) is 70.1 Å². The van der Waals surface area contributed by atoms with Gasteiger partial charge < -0.3 is 25.3 Å². The minimum Gasteiger partial charge on any atom is -0.390 e. The van der Waals surface area contributed by atoms with Crippen molar-refractivity contribution in [2.24, 2.45) is 0 Å². The Morgan fingerprint density at radius 1 is 1.18 bits per heavy atom. The molecular weight excluding hydrogens is 574 g/mol. The van der Waals surface area contributed by atoms with Gasteiger partial charge in [0, 0.05) is 49.9 Å². The van der Waals surface area contributed by atoms with Crippen LogP contribution in [0.15, 0.2) is 30.5 Å². The van der Waals surface area contributed by atoms with Crippen molar-refractivity contribution in [3.8, 4) is 23.6 Å². The lowest BCUT2D eigenvalue weighted by atomic mass is 9.89. The number of aliphatic hydroxyl groups is 2. The standard InChI is InChI=1S/C35H40F2N6O2/c1-6-24-27(36)11-10-21-17-22(34(2,3)44)18-25(28(21)24)30-29(37)31-26(19-39-30)32(42(5)20-23-9-7-8-14-38-23)41-33(40-31)43-15-12-35(4,45)13-16-43/h1,10-11,17-19,23,38,44-45H,7-9,12-16,20H2,2-5H3/t23-/m1/s1. The molecule has 4 heterocycles. The number of pyridine rings is 1. The first-order valence-corrected chi connectivity index (χ1v) is 15.6. The van der Waals surface area contributed by atoms with E-state index in [0.29, 0.717) is 66.0 Å². The van der Waals surface area contributed by atoms with E-state index >= 15 is 4.39 Å². The van der Waals surface area contributed by atoms with Crippen LogP contribution in [0.5, 0.6) is 0 Å². The molecule has 2 saturated heterocycles. The molecule has 0 saturated carbocycles. The van der Waals surface area contributed by atoms with Crippen LogP contribution in [0.3, 0.4) is 0 Å². The molecule has 0 spiro atoms. The van der Waals surface area contributed by atoms with Crippen molar-refractivity contribution in [1.82, 2.24) is 20.3 Å². The number of fused-ring (bicyclic) bond motifs is 2. The number of aromatic nitrogens is 3. The molecule has 2 aliphatic heterocycles. The lowest BCUT2D eigenvalue weighted by molar-refractivity contribution is 0.0349. The van der Waals surface area contributed by atoms with Crippen LogP contribution in [0, 0.1) is 24.0 Å². The van der Waals surface area contributed by atoms with E-state index in [4.69, 9.17) is 16.4 Å². The zero-order valence-corrected chi connectivity index (χ0v) is 26.3. The van der Waals surface area contributed by atoms with Gasteiger partial charge in [-0.1, -0.05) is 18.4 Å². The predicted molar refractivity (Wildman–Crippen MR) is 174 cm³/mol. The maximum Gasteiger partial charge on any atom is 0.228 e. The van der Waals surface area contributed by atoms with E-state index in [0.717, 1.165) is 25.8 Å². The Hall–Kier alpha value is -3.91. The molecule has 2 aromatic heterocycles. The zero-order valence-electron chi connectivity index (χ0n) is 26.3. The molecule has 10 heteroatoms. The summed E-state index contributed by atoms with van der Waals surface area (Å²) < 4.78 is 32.0. The number of anilines is 2. The molecule has 0 bridgehead atoms. The Morgan fingerprint density at radius 2 is 1.93 bits per heavy atom. The number of nitrogens with zero attached hydrogens (tertiary/aromatic N) is 5. The first-order chi connectivity index (χ1) is 21.4. The second-order valence-corrected chi connectivity index (χ2v) is 13.3. The summed E-state index contributed by atoms with van der Waals surface area (Å²) in [5, 5.41) is 26.4. The molecule has 0 unspecified atom stereocenters. The maximum atomic E-state index is 17.0. The number of likely N-dealkylation sites (N-methyl/N-ethyl adjacent to an activating group) is 1. The summed E-state index contributed by atoms with van der Waals surface area (Å²) in [6, 6.07) is 6.47. The maximum absolute atomic E-state index is 17.0. The van der Waals surface area contributed by atoms with Gasteiger partial charge >= 0.3 is 0 Å². The van der Waals surface area contributed by atoms with Gasteiger partial charge in [-0.05, 0) is 82.1 Å². The van der Waals surface area contributed by atoms with Gasteiger partial charge in [0.25, 0.3) is 0 Å². The highest BCUT2D eigenvalue weighted by Crippen LogP contribution is 2.39. The number of halogens is 2. The van der Waals surface area contributed by atoms with Crippen LogP contribution < -0.4 is 15.1 Å². The topological polar surface area (TPSA) is 97.6 Å². The zero-order chi connectivity index (χ0) is 32.1. The Bertz CT molecular complexity index is 1800. The Balaban J connectivity index is 1.56. The third-order valence-corrected chi connectivity index (χ3v) is 9.22. The summed E-state index contributed by atoms with van der Waals surface area (Å²) in [5.74, 6) is 2.07. The van der Waals surface area contributed by atoms with Gasteiger partial charge in [0.1, 0.15) is 22.8 Å². The van der Waals surface area contributed by atoms with Crippen LogP contribution >= 0.6 is 0 Å². The molecular formula is C35H40F2N6O2. The SMILES string of the molecule is C#Cc1c(F)ccc2cc(C(C)(C)O)cc(-c3ncc4c(N(C)C[C@H]5CCCCN5)nc(N5CCC(C)(O)CC5)nc4c3F)c12. The lowest BCUT2D eigenvalue weighted by Crippen LogP contribution is -2.44. The second kappa shape index (κ2) is 11.8. The molecule has 2 aromatic carbocycles. The Kier molecular flexibility index (Phi) is 8.14. The summed E-state index contributed by atoms with van der Waals surface area (Å²) in [6.07, 6.45) is 11.7. The molecule has 236 valence electrons. The first-order valence-electron chi connectivity index (χ1n) is 15.6. The summed E-state index contributed by atoms with van der Waals surface area (Å²) in [7, 11) is 1.94. The fourth-order valence-electron chi connectivity index (χ4n) is 6.46. The third kappa shape index (κ3) is 6.05. The minimum absolute atomic E-state index is 0.00440. The first kappa shape index (κ1) is 31.1. The molecule has 3 N–H and O–H groups in total. The van der Waals surface area contributed by atoms with Crippen molar-refractivity contribution in [3.63, 3.8) is 0 Å². The number of nitrogens with one attached hydrogen (secondary N) is 1. The number of terminal acetylenes is 1. The van der Waals surface area contributed by atoms with Crippen molar-refractivity contribution >= 4 is 33.4 Å². The highest BCUT2D eigenvalue weighted by atomic mass is 19.1. The van der Waals surface area contributed by atoms with E-state index in [9.17, 15) is 14.6 Å². The van der Waals surface area contributed by atoms with E-state index < -0.39 is 22.8 Å². The number of piperidine rings is 2. The molecule has 0 aliphatic carbocycles. The van der Waals surface area contributed by atoms with Crippen LogP contribution in [-0.2, 0) is 5.60 Å². The van der Waals surface area contributed by atoms with Gasteiger partial charge in [0.05, 0.1) is 22.2 Å². The summed E-state index contributed by atoms with van der Waals surface area (Å²) >= 11 is 0. The van der Waals surface area contributed by atoms with Gasteiger partial charge in [-0.3, -0.25) is 4.98 Å². The smallest absolute Gasteiger partial charge is 0.228 e. The van der Waals surface area contributed by atoms with E-state index in [1.807, 2.05) is 23.8 Å². The summed E-state index contributed by atoms with van der Waals surface area (Å²) in [6.45, 7) is 7.76. The van der Waals surface area contributed by atoms with Crippen LogP contribution in [-0.4, -0.2) is 70.0 Å². The second-order valence-electron chi connectivity index (χ2n) is 13.3. The number of hydrogen-bond donors (Lipinski definition) is 3. The molecule has 6 rings (SSSR count). The number of hydrogen-bond acceptors (Lipinski definition) is 8. The van der Waals surface area contributed by atoms with Gasteiger partial charge in [0.2, 0.25) is 5.95 Å². The average molecular weight is 615 g/mol. The predicted octanol–water partition coefficient (Wildman–Crippen LogP) is 5.26. The van der Waals surface area contributed by atoms with Gasteiger partial charge in [-0.15, -0.1) is 6.42 Å². The molecule has 2 fully saturated rings. The fraction of sp³-hybridized carbons (Fsp3) is 0.457. The number of rotatable bonds is 6. The van der Waals surface area contributed by atoms with E-state index in [1.54, 1.807) is 38.2 Å². The molecule has 2 aliphatic rings. The van der Waals surface area contributed by atoms with Crippen molar-refractivity contribution < 1.29 is 19.0 Å². The van der Waals surface area contributed by atoms with E-state index in [2.05, 4.69) is 16.2 Å². The van der Waals surface area contributed by atoms with E-state index in [-0.39, 0.29) is 28.4 Å². The molecule has 8 nitrogen and oxygen atoms in total. The van der Waals surface area contributed by atoms with Gasteiger partial charge in [0.15, 0.2) is 5.82 Å². The summed E-state index contributed by atoms with van der Waals surface area (Å²) in [5.41, 5.74) is -1.24. The van der Waals surface area contributed by atoms with Crippen molar-refractivity contribution in [1.29, 1.82) is 0 Å². The van der Waals surface area contributed by atoms with Crippen LogP contribution in [0.2, 0.25) is 0 Å². The molecule has 0 amide bonds. The highest BCUT2D eigenvalue weighted by molar-refractivity contribution is 6.02. The van der Waals surface area contributed by atoms with Crippen LogP contribution in [0.1, 0.15) is 64.0 Å². The summed E-state index contributed by atoms with van der Waals surface area (Å²) in [4.78, 5) is 18.3. The molecule has 1 atom stereocenters. The van der Waals surface area contributed by atoms with Crippen LogP contribution in [0.25, 0.3) is 32.9 Å². The van der Waals surface area contributed by atoms with Crippen molar-refractivity contribution in [3.05, 3.63) is 53.2 Å². The normalized spacial score (nSPS) is 18.7. The third-order valence-electron chi connectivity index (χ3n) is 9.22. The average Bonchev–Trinajstić information content (AvgIpc) is 3.00. The largest absolute Gasteiger partial charge is 0.390 e. The highest BCUT2D eigenvalue weighted by Gasteiger charge is 2.31. The fourth-order valence-corrected chi connectivity index (χ4v) is 6.46. The van der Waals surface area contributed by atoms with Gasteiger partial charge in [-0.25, -0.2) is 13.8 Å². The molecule has 0 radical (unpaired) electrons. The van der Waals surface area contributed by atoms with Crippen molar-refractivity contribution in [2.75, 3.05) is 43.0 Å². The Labute approximate surface area is 262 Å². The number of benzene rings is 2. The minimum atomic E-state index is -1.27. The lowest BCUT2D eigenvalue weighted by Gasteiger charge is -2.36.